The quantitative estimate of drug-likeness (QED) is 0.771. The maximum atomic E-state index is 5.51. The Morgan fingerprint density at radius 3 is 2.71 bits per heavy atom. The summed E-state index contributed by atoms with van der Waals surface area (Å²) in [6.45, 7) is 9.86. The highest BCUT2D eigenvalue weighted by molar-refractivity contribution is 4.81. The van der Waals surface area contributed by atoms with E-state index < -0.39 is 0 Å². The van der Waals surface area contributed by atoms with Gasteiger partial charge in [0.25, 0.3) is 0 Å². The monoisotopic (exact) mass is 241 g/mol. The van der Waals surface area contributed by atoms with E-state index in [1.165, 1.54) is 32.5 Å². The third-order valence-corrected chi connectivity index (χ3v) is 4.13. The van der Waals surface area contributed by atoms with Gasteiger partial charge in [-0.2, -0.15) is 0 Å². The van der Waals surface area contributed by atoms with Crippen molar-refractivity contribution in [2.75, 3.05) is 53.0 Å². The van der Waals surface area contributed by atoms with Gasteiger partial charge in [0, 0.05) is 25.2 Å². The first-order valence-electron chi connectivity index (χ1n) is 7.03. The minimum absolute atomic E-state index is 0.526. The summed E-state index contributed by atoms with van der Waals surface area (Å²) in [5, 5.41) is 3.53. The zero-order valence-corrected chi connectivity index (χ0v) is 11.3. The predicted octanol–water partition coefficient (Wildman–Crippen LogP) is 0.391. The molecule has 0 aromatic heterocycles. The van der Waals surface area contributed by atoms with Crippen molar-refractivity contribution in [3.05, 3.63) is 0 Å². The second-order valence-corrected chi connectivity index (χ2v) is 5.33. The molecule has 0 aliphatic carbocycles. The van der Waals surface area contributed by atoms with Crippen LogP contribution in [0.4, 0.5) is 0 Å². The van der Waals surface area contributed by atoms with Crippen LogP contribution in [-0.4, -0.2) is 74.9 Å². The number of likely N-dealkylation sites (N-methyl/N-ethyl adjacent to an activating group) is 1. The van der Waals surface area contributed by atoms with Gasteiger partial charge in [0.2, 0.25) is 0 Å². The Morgan fingerprint density at radius 2 is 2.12 bits per heavy atom. The van der Waals surface area contributed by atoms with Crippen LogP contribution < -0.4 is 5.32 Å². The molecule has 2 fully saturated rings. The smallest absolute Gasteiger partial charge is 0.0632 e. The first kappa shape index (κ1) is 13.3. The lowest BCUT2D eigenvalue weighted by molar-refractivity contribution is 0.0514. The third kappa shape index (κ3) is 3.91. The Labute approximate surface area is 105 Å². The summed E-state index contributed by atoms with van der Waals surface area (Å²) in [4.78, 5) is 5.08. The van der Waals surface area contributed by atoms with Crippen molar-refractivity contribution < 1.29 is 4.74 Å². The van der Waals surface area contributed by atoms with Gasteiger partial charge in [-0.25, -0.2) is 0 Å². The van der Waals surface area contributed by atoms with Crippen molar-refractivity contribution in [3.8, 4) is 0 Å². The van der Waals surface area contributed by atoms with Crippen LogP contribution in [0.25, 0.3) is 0 Å². The fourth-order valence-electron chi connectivity index (χ4n) is 2.91. The molecule has 1 unspecified atom stereocenters. The van der Waals surface area contributed by atoms with Gasteiger partial charge in [-0.15, -0.1) is 0 Å². The molecule has 2 rings (SSSR count). The molecule has 4 heteroatoms. The molecule has 1 atom stereocenters. The lowest BCUT2D eigenvalue weighted by Gasteiger charge is -2.38. The van der Waals surface area contributed by atoms with Gasteiger partial charge in [0.15, 0.2) is 0 Å². The number of nitrogens with one attached hydrogen (secondary N) is 1. The predicted molar refractivity (Wildman–Crippen MR) is 70.4 cm³/mol. The van der Waals surface area contributed by atoms with Crippen LogP contribution in [0.1, 0.15) is 19.8 Å². The number of piperidine rings is 1. The average Bonchev–Trinajstić information content (AvgIpc) is 2.40. The number of likely N-dealkylation sites (tertiary alicyclic amines) is 1. The summed E-state index contributed by atoms with van der Waals surface area (Å²) in [6.07, 6.45) is 2.63. The molecule has 4 nitrogen and oxygen atoms in total. The van der Waals surface area contributed by atoms with Crippen molar-refractivity contribution in [2.24, 2.45) is 0 Å². The summed E-state index contributed by atoms with van der Waals surface area (Å²) < 4.78 is 5.51. The van der Waals surface area contributed by atoms with Gasteiger partial charge in [-0.1, -0.05) is 6.92 Å². The summed E-state index contributed by atoms with van der Waals surface area (Å²) in [5.41, 5.74) is 0. The molecule has 2 saturated heterocycles. The molecule has 0 aromatic rings. The molecule has 0 aromatic carbocycles. The van der Waals surface area contributed by atoms with E-state index in [2.05, 4.69) is 29.1 Å². The SMILES string of the molecule is CCN1CCC(N(C)CC2COCCN2)CC1. The number of ether oxygens (including phenoxy) is 1. The largest absolute Gasteiger partial charge is 0.378 e. The highest BCUT2D eigenvalue weighted by Gasteiger charge is 2.24. The molecular formula is C13H27N3O. The zero-order chi connectivity index (χ0) is 12.1. The summed E-state index contributed by atoms with van der Waals surface area (Å²) in [5.74, 6) is 0. The van der Waals surface area contributed by atoms with Crippen LogP contribution in [0, 0.1) is 0 Å². The molecule has 1 N–H and O–H groups in total. The van der Waals surface area contributed by atoms with Crippen LogP contribution in [0.5, 0.6) is 0 Å². The standard InChI is InChI=1S/C13H27N3O/c1-3-16-7-4-13(5-8-16)15(2)10-12-11-17-9-6-14-12/h12-14H,3-11H2,1-2H3. The number of nitrogens with zero attached hydrogens (tertiary/aromatic N) is 2. The van der Waals surface area contributed by atoms with Crippen LogP contribution in [0.2, 0.25) is 0 Å². The van der Waals surface area contributed by atoms with E-state index in [0.29, 0.717) is 6.04 Å². The van der Waals surface area contributed by atoms with Crippen LogP contribution >= 0.6 is 0 Å². The summed E-state index contributed by atoms with van der Waals surface area (Å²) in [6, 6.07) is 1.29. The van der Waals surface area contributed by atoms with E-state index in [1.807, 2.05) is 0 Å². The first-order valence-corrected chi connectivity index (χ1v) is 7.03. The molecule has 0 bridgehead atoms. The Hall–Kier alpha value is -0.160. The molecule has 100 valence electrons. The topological polar surface area (TPSA) is 27.7 Å². The Balaban J connectivity index is 1.70. The Morgan fingerprint density at radius 1 is 1.35 bits per heavy atom. The average molecular weight is 241 g/mol. The number of rotatable bonds is 4. The van der Waals surface area contributed by atoms with Gasteiger partial charge in [-0.05, 0) is 39.5 Å². The Kier molecular flexibility index (Phi) is 5.22. The Bertz CT molecular complexity index is 211. The van der Waals surface area contributed by atoms with Crippen molar-refractivity contribution in [2.45, 2.75) is 31.8 Å². The van der Waals surface area contributed by atoms with E-state index in [-0.39, 0.29) is 0 Å². The fraction of sp³-hybridized carbons (Fsp3) is 1.00. The van der Waals surface area contributed by atoms with E-state index >= 15 is 0 Å². The third-order valence-electron chi connectivity index (χ3n) is 4.13. The second kappa shape index (κ2) is 6.69. The van der Waals surface area contributed by atoms with Gasteiger partial charge in [0.1, 0.15) is 0 Å². The van der Waals surface area contributed by atoms with E-state index in [4.69, 9.17) is 4.74 Å². The molecule has 0 saturated carbocycles. The van der Waals surface area contributed by atoms with Crippen molar-refractivity contribution in [1.82, 2.24) is 15.1 Å². The lowest BCUT2D eigenvalue weighted by Crippen LogP contribution is -2.51. The molecule has 2 aliphatic heterocycles. The molecule has 0 spiro atoms. The maximum absolute atomic E-state index is 5.51. The van der Waals surface area contributed by atoms with Gasteiger partial charge < -0.3 is 19.9 Å². The number of morpholine rings is 1. The summed E-state index contributed by atoms with van der Waals surface area (Å²) >= 11 is 0. The number of hydrogen-bond donors (Lipinski definition) is 1. The van der Waals surface area contributed by atoms with Gasteiger partial charge in [0.05, 0.1) is 13.2 Å². The normalized spacial score (nSPS) is 28.8. The molecule has 0 amide bonds. The van der Waals surface area contributed by atoms with Crippen molar-refractivity contribution in [1.29, 1.82) is 0 Å². The molecular weight excluding hydrogens is 214 g/mol. The highest BCUT2D eigenvalue weighted by Crippen LogP contribution is 2.15. The van der Waals surface area contributed by atoms with Crippen LogP contribution in [-0.2, 0) is 4.74 Å². The molecule has 0 radical (unpaired) electrons. The minimum atomic E-state index is 0.526. The fourth-order valence-corrected chi connectivity index (χ4v) is 2.91. The van der Waals surface area contributed by atoms with Crippen molar-refractivity contribution >= 4 is 0 Å². The second-order valence-electron chi connectivity index (χ2n) is 5.33. The first-order chi connectivity index (χ1) is 8.29. The molecule has 2 heterocycles. The van der Waals surface area contributed by atoms with Gasteiger partial charge in [-0.3, -0.25) is 0 Å². The van der Waals surface area contributed by atoms with Gasteiger partial charge >= 0.3 is 0 Å². The van der Waals surface area contributed by atoms with E-state index in [9.17, 15) is 0 Å². The molecule has 2 aliphatic rings. The van der Waals surface area contributed by atoms with Crippen LogP contribution in [0.15, 0.2) is 0 Å². The van der Waals surface area contributed by atoms with E-state index in [1.54, 1.807) is 0 Å². The summed E-state index contributed by atoms with van der Waals surface area (Å²) in [7, 11) is 2.27. The number of hydrogen-bond acceptors (Lipinski definition) is 4. The maximum Gasteiger partial charge on any atom is 0.0632 e. The van der Waals surface area contributed by atoms with Crippen LogP contribution in [0.3, 0.4) is 0 Å². The van der Waals surface area contributed by atoms with Crippen molar-refractivity contribution in [3.63, 3.8) is 0 Å². The lowest BCUT2D eigenvalue weighted by atomic mass is 10.0. The molecule has 17 heavy (non-hydrogen) atoms. The van der Waals surface area contributed by atoms with E-state index in [0.717, 1.165) is 32.3 Å². The minimum Gasteiger partial charge on any atom is -0.378 e. The zero-order valence-electron chi connectivity index (χ0n) is 11.3. The highest BCUT2D eigenvalue weighted by atomic mass is 16.5.